The molecule has 2 aromatic heterocycles. The van der Waals surface area contributed by atoms with Gasteiger partial charge in [0.05, 0.1) is 30.8 Å². The number of esters is 1. The summed E-state index contributed by atoms with van der Waals surface area (Å²) < 4.78 is 19.9. The number of rotatable bonds is 3. The van der Waals surface area contributed by atoms with Crippen LogP contribution in [-0.4, -0.2) is 33.4 Å². The Morgan fingerprint density at radius 3 is 2.91 bits per heavy atom. The third-order valence-electron chi connectivity index (χ3n) is 3.19. The Labute approximate surface area is 129 Å². The molecule has 23 heavy (non-hydrogen) atoms. The number of fused-ring (bicyclic) bond motifs is 1. The molecule has 0 fully saturated rings. The topological polar surface area (TPSA) is 85.6 Å². The van der Waals surface area contributed by atoms with Gasteiger partial charge in [-0.15, -0.1) is 0 Å². The molecule has 0 bridgehead atoms. The average Bonchev–Trinajstić information content (AvgIpc) is 3.00. The number of halogens is 1. The van der Waals surface area contributed by atoms with Crippen molar-refractivity contribution in [2.24, 2.45) is 0 Å². The predicted molar refractivity (Wildman–Crippen MR) is 78.7 cm³/mol. The van der Waals surface area contributed by atoms with Gasteiger partial charge in [-0.3, -0.25) is 14.2 Å². The van der Waals surface area contributed by atoms with E-state index in [1.54, 1.807) is 6.20 Å². The molecule has 0 saturated carbocycles. The maximum absolute atomic E-state index is 13.9. The molecule has 3 rings (SSSR count). The molecule has 0 aliphatic heterocycles. The van der Waals surface area contributed by atoms with Crippen molar-refractivity contribution in [2.75, 3.05) is 12.4 Å². The normalized spacial score (nSPS) is 10.5. The smallest absolute Gasteiger partial charge is 0.337 e. The highest BCUT2D eigenvalue weighted by molar-refractivity contribution is 6.04. The van der Waals surface area contributed by atoms with Gasteiger partial charge in [-0.1, -0.05) is 0 Å². The monoisotopic (exact) mass is 314 g/mol. The fourth-order valence-electron chi connectivity index (χ4n) is 2.06. The first-order valence-electron chi connectivity index (χ1n) is 6.56. The van der Waals surface area contributed by atoms with E-state index in [1.807, 2.05) is 0 Å². The molecule has 2 heterocycles. The Hall–Kier alpha value is -3.29. The van der Waals surface area contributed by atoms with E-state index >= 15 is 0 Å². The van der Waals surface area contributed by atoms with E-state index in [2.05, 4.69) is 20.0 Å². The second kappa shape index (κ2) is 5.84. The molecule has 1 N–H and O–H groups in total. The molecule has 0 spiro atoms. The minimum absolute atomic E-state index is 0.123. The maximum atomic E-state index is 13.9. The first-order chi connectivity index (χ1) is 11.1. The number of amides is 1. The van der Waals surface area contributed by atoms with E-state index in [4.69, 9.17) is 0 Å². The number of nitrogens with one attached hydrogen (secondary N) is 1. The molecule has 1 aromatic carbocycles. The Bertz CT molecular complexity index is 907. The second-order valence-corrected chi connectivity index (χ2v) is 4.59. The lowest BCUT2D eigenvalue weighted by molar-refractivity contribution is 0.0600. The second-order valence-electron chi connectivity index (χ2n) is 4.59. The van der Waals surface area contributed by atoms with Gasteiger partial charge in [-0.25, -0.2) is 14.2 Å². The highest BCUT2D eigenvalue weighted by Gasteiger charge is 2.16. The minimum atomic E-state index is -0.665. The van der Waals surface area contributed by atoms with Gasteiger partial charge in [0, 0.05) is 12.4 Å². The van der Waals surface area contributed by atoms with Crippen LogP contribution >= 0.6 is 0 Å². The van der Waals surface area contributed by atoms with Crippen molar-refractivity contribution in [1.29, 1.82) is 0 Å². The summed E-state index contributed by atoms with van der Waals surface area (Å²) in [6.45, 7) is 0. The number of anilines is 1. The molecule has 0 aliphatic rings. The third kappa shape index (κ3) is 2.73. The molecule has 0 aliphatic carbocycles. The van der Waals surface area contributed by atoms with Gasteiger partial charge in [0.25, 0.3) is 5.91 Å². The molecule has 0 unspecified atom stereocenters. The Morgan fingerprint density at radius 2 is 2.13 bits per heavy atom. The van der Waals surface area contributed by atoms with Gasteiger partial charge in [-0.05, 0) is 18.2 Å². The molecule has 116 valence electrons. The number of aromatic nitrogens is 3. The summed E-state index contributed by atoms with van der Waals surface area (Å²) in [7, 11) is 1.22. The highest BCUT2D eigenvalue weighted by atomic mass is 19.1. The first-order valence-corrected chi connectivity index (χ1v) is 6.56. The van der Waals surface area contributed by atoms with Crippen LogP contribution in [0.15, 0.2) is 43.0 Å². The molecule has 0 radical (unpaired) electrons. The van der Waals surface area contributed by atoms with Gasteiger partial charge in [0.15, 0.2) is 5.65 Å². The number of carbonyl (C=O) groups is 2. The van der Waals surface area contributed by atoms with E-state index in [0.717, 1.165) is 6.07 Å². The maximum Gasteiger partial charge on any atom is 0.337 e. The zero-order valence-corrected chi connectivity index (χ0v) is 12.0. The SMILES string of the molecule is COC(=O)c1ccc(F)c(NC(=O)c2cnc3cnccn23)c1. The predicted octanol–water partition coefficient (Wildman–Crippen LogP) is 1.91. The number of ether oxygens (including phenoxy) is 1. The zero-order chi connectivity index (χ0) is 16.4. The van der Waals surface area contributed by atoms with Gasteiger partial charge >= 0.3 is 5.97 Å². The fourth-order valence-corrected chi connectivity index (χ4v) is 2.06. The van der Waals surface area contributed by atoms with Crippen LogP contribution < -0.4 is 5.32 Å². The lowest BCUT2D eigenvalue weighted by Gasteiger charge is -2.08. The van der Waals surface area contributed by atoms with Crippen LogP contribution in [0.25, 0.3) is 5.65 Å². The number of hydrogen-bond acceptors (Lipinski definition) is 5. The van der Waals surface area contributed by atoms with Crippen molar-refractivity contribution in [3.63, 3.8) is 0 Å². The molecule has 7 nitrogen and oxygen atoms in total. The summed E-state index contributed by atoms with van der Waals surface area (Å²) in [5.74, 6) is -1.85. The standard InChI is InChI=1S/C15H11FN4O3/c1-23-15(22)9-2-3-10(16)11(6-9)19-14(21)12-7-18-13-8-17-4-5-20(12)13/h2-8H,1H3,(H,19,21). The van der Waals surface area contributed by atoms with Crippen LogP contribution in [0.2, 0.25) is 0 Å². The Kier molecular flexibility index (Phi) is 3.71. The fraction of sp³-hybridized carbons (Fsp3) is 0.0667. The number of nitrogens with zero attached hydrogens (tertiary/aromatic N) is 3. The number of hydrogen-bond donors (Lipinski definition) is 1. The molecule has 0 atom stereocenters. The van der Waals surface area contributed by atoms with Gasteiger partial charge in [-0.2, -0.15) is 0 Å². The average molecular weight is 314 g/mol. The molecule has 0 saturated heterocycles. The zero-order valence-electron chi connectivity index (χ0n) is 12.0. The molecule has 3 aromatic rings. The number of imidazole rings is 1. The van der Waals surface area contributed by atoms with E-state index in [1.165, 1.54) is 42.2 Å². The quantitative estimate of drug-likeness (QED) is 0.746. The van der Waals surface area contributed by atoms with Gasteiger partial charge < -0.3 is 10.1 Å². The van der Waals surface area contributed by atoms with E-state index in [-0.39, 0.29) is 16.9 Å². The van der Waals surface area contributed by atoms with Crippen LogP contribution in [0.5, 0.6) is 0 Å². The molecule has 1 amide bonds. The van der Waals surface area contributed by atoms with Crippen LogP contribution in [0.4, 0.5) is 10.1 Å². The third-order valence-corrected chi connectivity index (χ3v) is 3.19. The molecule has 8 heteroatoms. The minimum Gasteiger partial charge on any atom is -0.465 e. The summed E-state index contributed by atoms with van der Waals surface area (Å²) in [5.41, 5.74) is 0.708. The van der Waals surface area contributed by atoms with Crippen LogP contribution in [-0.2, 0) is 4.74 Å². The van der Waals surface area contributed by atoms with E-state index < -0.39 is 17.7 Å². The summed E-state index contributed by atoms with van der Waals surface area (Å²) in [6, 6.07) is 3.57. The van der Waals surface area contributed by atoms with Crippen molar-refractivity contribution in [3.05, 3.63) is 60.1 Å². The summed E-state index contributed by atoms with van der Waals surface area (Å²) in [5, 5.41) is 2.42. The number of methoxy groups -OCH3 is 1. The molecular weight excluding hydrogens is 303 g/mol. The van der Waals surface area contributed by atoms with Crippen molar-refractivity contribution < 1.29 is 18.7 Å². The lowest BCUT2D eigenvalue weighted by Crippen LogP contribution is -2.16. The highest BCUT2D eigenvalue weighted by Crippen LogP contribution is 2.18. The van der Waals surface area contributed by atoms with Gasteiger partial charge in [0.1, 0.15) is 11.5 Å². The summed E-state index contributed by atoms with van der Waals surface area (Å²) in [6.07, 6.45) is 5.92. The molecular formula is C15H11FN4O3. The Balaban J connectivity index is 1.92. The Morgan fingerprint density at radius 1 is 1.30 bits per heavy atom. The van der Waals surface area contributed by atoms with Gasteiger partial charge in [0.2, 0.25) is 0 Å². The lowest BCUT2D eigenvalue weighted by atomic mass is 10.2. The number of benzene rings is 1. The van der Waals surface area contributed by atoms with Crippen LogP contribution in [0.1, 0.15) is 20.8 Å². The van der Waals surface area contributed by atoms with Crippen molar-refractivity contribution in [1.82, 2.24) is 14.4 Å². The first kappa shape index (κ1) is 14.6. The van der Waals surface area contributed by atoms with Crippen molar-refractivity contribution >= 4 is 23.2 Å². The van der Waals surface area contributed by atoms with Crippen molar-refractivity contribution in [3.8, 4) is 0 Å². The largest absolute Gasteiger partial charge is 0.465 e. The van der Waals surface area contributed by atoms with E-state index in [9.17, 15) is 14.0 Å². The summed E-state index contributed by atoms with van der Waals surface area (Å²) >= 11 is 0. The van der Waals surface area contributed by atoms with Crippen LogP contribution in [0.3, 0.4) is 0 Å². The number of carbonyl (C=O) groups excluding carboxylic acids is 2. The van der Waals surface area contributed by atoms with Crippen LogP contribution in [0, 0.1) is 5.82 Å². The van der Waals surface area contributed by atoms with E-state index in [0.29, 0.717) is 5.65 Å². The van der Waals surface area contributed by atoms with Crippen molar-refractivity contribution in [2.45, 2.75) is 0 Å². The summed E-state index contributed by atoms with van der Waals surface area (Å²) in [4.78, 5) is 31.7.